The van der Waals surface area contributed by atoms with Gasteiger partial charge in [0.15, 0.2) is 0 Å². The van der Waals surface area contributed by atoms with Crippen molar-refractivity contribution in [2.24, 2.45) is 0 Å². The first kappa shape index (κ1) is 14.8. The van der Waals surface area contributed by atoms with Gasteiger partial charge in [-0.1, -0.05) is 48.9 Å². The average Bonchev–Trinajstić information content (AvgIpc) is 2.40. The van der Waals surface area contributed by atoms with Crippen LogP contribution in [0, 0.1) is 20.8 Å². The molecular weight excluding hydrogens is 242 g/mol. The molecule has 2 aromatic rings. The van der Waals surface area contributed by atoms with E-state index in [1.807, 2.05) is 7.05 Å². The van der Waals surface area contributed by atoms with E-state index >= 15 is 0 Å². The molecule has 20 heavy (non-hydrogen) atoms. The van der Waals surface area contributed by atoms with Crippen LogP contribution < -0.4 is 5.32 Å². The Morgan fingerprint density at radius 3 is 1.95 bits per heavy atom. The number of rotatable bonds is 4. The summed E-state index contributed by atoms with van der Waals surface area (Å²) in [6, 6.07) is 14.0. The minimum atomic E-state index is 0.448. The molecular formula is C19H25N. The van der Waals surface area contributed by atoms with Gasteiger partial charge in [-0.2, -0.15) is 0 Å². The zero-order chi connectivity index (χ0) is 14.7. The van der Waals surface area contributed by atoms with E-state index in [-0.39, 0.29) is 0 Å². The lowest BCUT2D eigenvalue weighted by Gasteiger charge is -2.16. The fourth-order valence-electron chi connectivity index (χ4n) is 3.12. The molecule has 1 nitrogen and oxygen atoms in total. The van der Waals surface area contributed by atoms with Gasteiger partial charge in [0, 0.05) is 6.04 Å². The van der Waals surface area contributed by atoms with Gasteiger partial charge in [0.1, 0.15) is 0 Å². The summed E-state index contributed by atoms with van der Waals surface area (Å²) in [4.78, 5) is 0. The first-order valence-electron chi connectivity index (χ1n) is 7.42. The number of nitrogens with one attached hydrogen (secondary N) is 1. The van der Waals surface area contributed by atoms with Gasteiger partial charge in [0.25, 0.3) is 0 Å². The van der Waals surface area contributed by atoms with E-state index in [9.17, 15) is 0 Å². The van der Waals surface area contributed by atoms with E-state index in [0.29, 0.717) is 6.04 Å². The van der Waals surface area contributed by atoms with Crippen molar-refractivity contribution < 1.29 is 0 Å². The van der Waals surface area contributed by atoms with Crippen LogP contribution in [0.5, 0.6) is 0 Å². The molecule has 1 unspecified atom stereocenters. The predicted octanol–water partition coefficient (Wildman–Crippen LogP) is 4.95. The van der Waals surface area contributed by atoms with Crippen molar-refractivity contribution in [3.63, 3.8) is 0 Å². The summed E-state index contributed by atoms with van der Waals surface area (Å²) in [6.07, 6.45) is 1.11. The normalized spacial score (nSPS) is 12.4. The highest BCUT2D eigenvalue weighted by atomic mass is 14.9. The molecule has 1 heteroatoms. The van der Waals surface area contributed by atoms with Crippen molar-refractivity contribution in [1.82, 2.24) is 5.32 Å². The quantitative estimate of drug-likeness (QED) is 0.826. The number of aryl methyl sites for hydroxylation is 3. The van der Waals surface area contributed by atoms with Gasteiger partial charge in [-0.25, -0.2) is 0 Å². The molecule has 0 aliphatic rings. The standard InChI is InChI=1S/C19H25N/c1-6-18(20-5)16-7-9-17(10-8-16)19-14(3)11-13(2)12-15(19)4/h7-12,18,20H,6H2,1-5H3. The number of hydrogen-bond acceptors (Lipinski definition) is 1. The highest BCUT2D eigenvalue weighted by Gasteiger charge is 2.09. The van der Waals surface area contributed by atoms with Gasteiger partial charge in [-0.15, -0.1) is 0 Å². The lowest BCUT2D eigenvalue weighted by atomic mass is 9.92. The second-order valence-electron chi connectivity index (χ2n) is 5.65. The van der Waals surface area contributed by atoms with Crippen LogP contribution >= 0.6 is 0 Å². The van der Waals surface area contributed by atoms with Gasteiger partial charge in [0.2, 0.25) is 0 Å². The van der Waals surface area contributed by atoms with Crippen LogP contribution in [0.1, 0.15) is 41.6 Å². The Bertz CT molecular complexity index is 554. The van der Waals surface area contributed by atoms with E-state index in [1.165, 1.54) is 33.4 Å². The SMILES string of the molecule is CCC(NC)c1ccc(-c2c(C)cc(C)cc2C)cc1. The molecule has 1 N–H and O–H groups in total. The van der Waals surface area contributed by atoms with E-state index in [4.69, 9.17) is 0 Å². The molecule has 0 saturated heterocycles. The molecule has 0 radical (unpaired) electrons. The summed E-state index contributed by atoms with van der Waals surface area (Å²) in [6.45, 7) is 8.77. The molecule has 0 bridgehead atoms. The molecule has 0 aliphatic carbocycles. The minimum Gasteiger partial charge on any atom is -0.313 e. The fraction of sp³-hybridized carbons (Fsp3) is 0.368. The monoisotopic (exact) mass is 267 g/mol. The van der Waals surface area contributed by atoms with Gasteiger partial charge in [-0.05, 0) is 62.1 Å². The number of benzene rings is 2. The van der Waals surface area contributed by atoms with Crippen LogP contribution in [-0.4, -0.2) is 7.05 Å². The Morgan fingerprint density at radius 2 is 1.50 bits per heavy atom. The van der Waals surface area contributed by atoms with Crippen molar-refractivity contribution in [2.75, 3.05) is 7.05 Å². The highest BCUT2D eigenvalue weighted by molar-refractivity contribution is 5.71. The minimum absolute atomic E-state index is 0.448. The molecule has 0 fully saturated rings. The van der Waals surface area contributed by atoms with E-state index < -0.39 is 0 Å². The molecule has 0 saturated carbocycles. The summed E-state index contributed by atoms with van der Waals surface area (Å²) in [5.41, 5.74) is 8.10. The zero-order valence-corrected chi connectivity index (χ0v) is 13.2. The predicted molar refractivity (Wildman–Crippen MR) is 88.2 cm³/mol. The molecule has 0 aromatic heterocycles. The van der Waals surface area contributed by atoms with Crippen molar-refractivity contribution >= 4 is 0 Å². The van der Waals surface area contributed by atoms with Crippen molar-refractivity contribution in [3.8, 4) is 11.1 Å². The fourth-order valence-corrected chi connectivity index (χ4v) is 3.12. The Balaban J connectivity index is 2.40. The summed E-state index contributed by atoms with van der Waals surface area (Å²) in [5, 5.41) is 3.36. The smallest absolute Gasteiger partial charge is 0.0314 e. The summed E-state index contributed by atoms with van der Waals surface area (Å²) in [5.74, 6) is 0. The first-order valence-corrected chi connectivity index (χ1v) is 7.42. The Labute approximate surface area is 123 Å². The first-order chi connectivity index (χ1) is 9.56. The van der Waals surface area contributed by atoms with Crippen LogP contribution in [0.2, 0.25) is 0 Å². The van der Waals surface area contributed by atoms with Crippen molar-refractivity contribution in [3.05, 3.63) is 58.7 Å². The molecule has 106 valence electrons. The van der Waals surface area contributed by atoms with Crippen LogP contribution in [-0.2, 0) is 0 Å². The molecule has 2 aromatic carbocycles. The molecule has 0 spiro atoms. The van der Waals surface area contributed by atoms with Crippen LogP contribution in [0.3, 0.4) is 0 Å². The van der Waals surface area contributed by atoms with Crippen molar-refractivity contribution in [2.45, 2.75) is 40.2 Å². The molecule has 2 rings (SSSR count). The van der Waals surface area contributed by atoms with Crippen molar-refractivity contribution in [1.29, 1.82) is 0 Å². The van der Waals surface area contributed by atoms with Gasteiger partial charge in [-0.3, -0.25) is 0 Å². The molecule has 0 aliphatic heterocycles. The van der Waals surface area contributed by atoms with Gasteiger partial charge < -0.3 is 5.32 Å². The maximum absolute atomic E-state index is 3.36. The Hall–Kier alpha value is -1.60. The third-order valence-electron chi connectivity index (χ3n) is 4.04. The number of hydrogen-bond donors (Lipinski definition) is 1. The maximum atomic E-state index is 3.36. The van der Waals surface area contributed by atoms with E-state index in [2.05, 4.69) is 69.4 Å². The Morgan fingerprint density at radius 1 is 0.950 bits per heavy atom. The highest BCUT2D eigenvalue weighted by Crippen LogP contribution is 2.29. The third-order valence-corrected chi connectivity index (χ3v) is 4.04. The molecule has 0 heterocycles. The molecule has 0 amide bonds. The second-order valence-corrected chi connectivity index (χ2v) is 5.65. The zero-order valence-electron chi connectivity index (χ0n) is 13.2. The Kier molecular flexibility index (Phi) is 4.61. The van der Waals surface area contributed by atoms with Gasteiger partial charge >= 0.3 is 0 Å². The summed E-state index contributed by atoms with van der Waals surface area (Å²) >= 11 is 0. The van der Waals surface area contributed by atoms with Gasteiger partial charge in [0.05, 0.1) is 0 Å². The lowest BCUT2D eigenvalue weighted by Crippen LogP contribution is -2.14. The summed E-state index contributed by atoms with van der Waals surface area (Å²) < 4.78 is 0. The van der Waals surface area contributed by atoms with E-state index in [1.54, 1.807) is 0 Å². The van der Waals surface area contributed by atoms with Crippen LogP contribution in [0.15, 0.2) is 36.4 Å². The summed E-state index contributed by atoms with van der Waals surface area (Å²) in [7, 11) is 2.02. The average molecular weight is 267 g/mol. The topological polar surface area (TPSA) is 12.0 Å². The van der Waals surface area contributed by atoms with E-state index in [0.717, 1.165) is 6.42 Å². The van der Waals surface area contributed by atoms with Crippen LogP contribution in [0.25, 0.3) is 11.1 Å². The maximum Gasteiger partial charge on any atom is 0.0314 e. The third kappa shape index (κ3) is 2.94. The second kappa shape index (κ2) is 6.23. The van der Waals surface area contributed by atoms with Crippen LogP contribution in [0.4, 0.5) is 0 Å². The lowest BCUT2D eigenvalue weighted by molar-refractivity contribution is 0.577. The largest absolute Gasteiger partial charge is 0.313 e. The molecule has 1 atom stereocenters.